The first-order chi connectivity index (χ1) is 14.6. The largest absolute Gasteiger partial charge is 0.383 e. The van der Waals surface area contributed by atoms with Gasteiger partial charge in [0.25, 0.3) is 0 Å². The van der Waals surface area contributed by atoms with E-state index in [9.17, 15) is 0 Å². The van der Waals surface area contributed by atoms with Crippen LogP contribution < -0.4 is 15.2 Å². The lowest BCUT2D eigenvalue weighted by atomic mass is 10.1. The summed E-state index contributed by atoms with van der Waals surface area (Å²) in [6.45, 7) is 11.7. The molecule has 4 nitrogen and oxygen atoms in total. The molecular formula is C25H31N4S+. The lowest BCUT2D eigenvalue weighted by molar-refractivity contribution is 0.626. The number of aromatic nitrogens is 2. The van der Waals surface area contributed by atoms with Crippen molar-refractivity contribution in [2.45, 2.75) is 47.0 Å². The smallest absolute Gasteiger partial charge is 0.201 e. The minimum Gasteiger partial charge on any atom is -0.383 e. The minimum absolute atomic E-state index is 0.974. The molecule has 2 aromatic rings. The maximum absolute atomic E-state index is 5.06. The molecule has 1 aliphatic carbocycles. The normalized spacial score (nSPS) is 11.5. The van der Waals surface area contributed by atoms with E-state index >= 15 is 0 Å². The molecule has 0 saturated carbocycles. The number of nitrogens with one attached hydrogen (secondary N) is 1. The molecule has 0 spiro atoms. The van der Waals surface area contributed by atoms with Crippen molar-refractivity contribution >= 4 is 38.1 Å². The molecule has 2 aliphatic rings. The van der Waals surface area contributed by atoms with Crippen LogP contribution in [-0.2, 0) is 0 Å². The summed E-state index contributed by atoms with van der Waals surface area (Å²) in [7, 11) is 0. The molecule has 4 rings (SSSR count). The van der Waals surface area contributed by atoms with Crippen LogP contribution in [-0.4, -0.2) is 29.6 Å². The molecule has 5 heteroatoms. The number of nitrogens with zero attached hydrogens (tertiary/aromatic N) is 3. The molecule has 1 aromatic heterocycles. The maximum Gasteiger partial charge on any atom is 0.201 e. The van der Waals surface area contributed by atoms with Gasteiger partial charge in [0.2, 0.25) is 5.36 Å². The number of hydrogen-bond donors (Lipinski definition) is 1. The molecule has 0 atom stereocenters. The van der Waals surface area contributed by atoms with Crippen molar-refractivity contribution in [2.24, 2.45) is 0 Å². The topological polar surface area (TPSA) is 40.8 Å². The molecule has 0 fully saturated rings. The monoisotopic (exact) mass is 419 g/mol. The van der Waals surface area contributed by atoms with E-state index in [1.165, 1.54) is 34.2 Å². The zero-order valence-corrected chi connectivity index (χ0v) is 19.3. The van der Waals surface area contributed by atoms with Gasteiger partial charge in [-0.3, -0.25) is 4.98 Å². The first-order valence-corrected chi connectivity index (χ1v) is 11.9. The Labute approximate surface area is 182 Å². The Morgan fingerprint density at radius 1 is 0.933 bits per heavy atom. The number of fused-ring (bicyclic) bond motifs is 4. The lowest BCUT2D eigenvalue weighted by Crippen LogP contribution is -2.29. The van der Waals surface area contributed by atoms with Crippen LogP contribution in [0.2, 0.25) is 0 Å². The van der Waals surface area contributed by atoms with Gasteiger partial charge < -0.3 is 5.32 Å². The second-order valence-corrected chi connectivity index (χ2v) is 8.88. The van der Waals surface area contributed by atoms with Gasteiger partial charge in [-0.15, -0.1) is 11.3 Å². The summed E-state index contributed by atoms with van der Waals surface area (Å²) in [5.41, 5.74) is 5.28. The number of rotatable bonds is 7. The summed E-state index contributed by atoms with van der Waals surface area (Å²) < 4.78 is 3.58. The summed E-state index contributed by atoms with van der Waals surface area (Å²) in [5, 5.41) is 6.04. The predicted octanol–water partition coefficient (Wildman–Crippen LogP) is 5.67. The van der Waals surface area contributed by atoms with E-state index in [4.69, 9.17) is 9.97 Å². The molecule has 30 heavy (non-hydrogen) atoms. The van der Waals surface area contributed by atoms with Gasteiger partial charge in [-0.1, -0.05) is 19.8 Å². The number of pyridine rings is 1. The number of benzene rings is 2. The van der Waals surface area contributed by atoms with E-state index in [1.54, 1.807) is 0 Å². The Bertz CT molecular complexity index is 1220. The Balaban J connectivity index is 1.92. The predicted molar refractivity (Wildman–Crippen MR) is 131 cm³/mol. The van der Waals surface area contributed by atoms with Crippen LogP contribution in [0.5, 0.6) is 0 Å². The Morgan fingerprint density at radius 3 is 2.53 bits per heavy atom. The summed E-state index contributed by atoms with van der Waals surface area (Å²) in [5.74, 6) is 0. The van der Waals surface area contributed by atoms with Gasteiger partial charge in [-0.05, 0) is 51.5 Å². The zero-order chi connectivity index (χ0) is 21.1. The Morgan fingerprint density at radius 2 is 1.77 bits per heavy atom. The molecule has 1 aliphatic heterocycles. The summed E-state index contributed by atoms with van der Waals surface area (Å²) >= 11 is 1.82. The quantitative estimate of drug-likeness (QED) is 0.182. The molecule has 2 heterocycles. The molecule has 0 bridgehead atoms. The first-order valence-electron chi connectivity index (χ1n) is 11.1. The molecule has 1 N–H and O–H groups in total. The molecule has 1 aromatic carbocycles. The Hall–Kier alpha value is -2.53. The second kappa shape index (κ2) is 9.09. The average molecular weight is 420 g/mol. The molecule has 0 saturated heterocycles. The fraction of sp³-hybridized carbons (Fsp3) is 0.400. The van der Waals surface area contributed by atoms with Crippen molar-refractivity contribution in [3.05, 3.63) is 47.4 Å². The number of unbranched alkanes of at least 4 members (excludes halogenated alkanes) is 2. The van der Waals surface area contributed by atoms with E-state index in [-0.39, 0.29) is 0 Å². The van der Waals surface area contributed by atoms with Gasteiger partial charge in [0.15, 0.2) is 0 Å². The highest BCUT2D eigenvalue weighted by molar-refractivity contribution is 7.21. The van der Waals surface area contributed by atoms with Crippen LogP contribution in [0.15, 0.2) is 36.4 Å². The summed E-state index contributed by atoms with van der Waals surface area (Å²) in [6.07, 6.45) is 3.65. The molecule has 0 radical (unpaired) electrons. The van der Waals surface area contributed by atoms with Gasteiger partial charge in [-0.25, -0.2) is 9.56 Å². The lowest BCUT2D eigenvalue weighted by Gasteiger charge is -2.13. The molecule has 0 unspecified atom stereocenters. The van der Waals surface area contributed by atoms with Crippen LogP contribution in [0.25, 0.3) is 31.7 Å². The maximum atomic E-state index is 5.06. The van der Waals surface area contributed by atoms with Gasteiger partial charge in [0, 0.05) is 29.8 Å². The summed E-state index contributed by atoms with van der Waals surface area (Å²) in [6, 6.07) is 13.1. The highest BCUT2D eigenvalue weighted by Gasteiger charge is 2.15. The molecular weight excluding hydrogens is 388 g/mol. The SMILES string of the molecule is CCCCCNc1cc2sc3cc(=[N+](CC)CC)ccc-3nc2c2ccc(C)nc12. The van der Waals surface area contributed by atoms with Crippen LogP contribution in [0.3, 0.4) is 0 Å². The van der Waals surface area contributed by atoms with Gasteiger partial charge in [0.05, 0.1) is 32.0 Å². The van der Waals surface area contributed by atoms with E-state index in [0.29, 0.717) is 0 Å². The molecule has 156 valence electrons. The van der Waals surface area contributed by atoms with Gasteiger partial charge in [-0.2, -0.15) is 0 Å². The zero-order valence-electron chi connectivity index (χ0n) is 18.5. The summed E-state index contributed by atoms with van der Waals surface area (Å²) in [4.78, 5) is 11.1. The minimum atomic E-state index is 0.974. The van der Waals surface area contributed by atoms with Crippen molar-refractivity contribution in [1.82, 2.24) is 14.5 Å². The fourth-order valence-electron chi connectivity index (χ4n) is 3.98. The van der Waals surface area contributed by atoms with E-state index in [0.717, 1.165) is 53.1 Å². The molecule has 0 amide bonds. The van der Waals surface area contributed by atoms with Gasteiger partial charge in [0.1, 0.15) is 13.1 Å². The van der Waals surface area contributed by atoms with Crippen LogP contribution >= 0.6 is 11.3 Å². The van der Waals surface area contributed by atoms with Crippen LogP contribution in [0.1, 0.15) is 45.7 Å². The van der Waals surface area contributed by atoms with Crippen molar-refractivity contribution in [2.75, 3.05) is 25.0 Å². The highest BCUT2D eigenvalue weighted by atomic mass is 32.1. The van der Waals surface area contributed by atoms with Crippen molar-refractivity contribution in [3.8, 4) is 10.6 Å². The third kappa shape index (κ3) is 4.04. The third-order valence-corrected chi connectivity index (χ3v) is 6.75. The third-order valence-electron chi connectivity index (χ3n) is 5.67. The van der Waals surface area contributed by atoms with Gasteiger partial charge >= 0.3 is 0 Å². The second-order valence-electron chi connectivity index (χ2n) is 7.79. The number of hydrogen-bond acceptors (Lipinski definition) is 4. The standard InChI is InChI=1S/C25H30N4S/c1-5-8-9-14-26-21-16-23-25(19-12-10-17(4)27-24(19)21)28-20-13-11-18(15-22(20)30-23)29(6-2)7-3/h10-13,15-16H,5-9,14H2,1-4H3/p+1. The Kier molecular flexibility index (Phi) is 6.28. The van der Waals surface area contributed by atoms with Crippen LogP contribution in [0, 0.1) is 6.92 Å². The number of anilines is 1. The highest BCUT2D eigenvalue weighted by Crippen LogP contribution is 2.36. The van der Waals surface area contributed by atoms with Crippen molar-refractivity contribution in [1.29, 1.82) is 0 Å². The van der Waals surface area contributed by atoms with Crippen molar-refractivity contribution in [3.63, 3.8) is 0 Å². The van der Waals surface area contributed by atoms with E-state index < -0.39 is 0 Å². The van der Waals surface area contributed by atoms with E-state index in [1.807, 2.05) is 11.3 Å². The fourth-order valence-corrected chi connectivity index (χ4v) is 5.04. The van der Waals surface area contributed by atoms with Crippen molar-refractivity contribution < 1.29 is 0 Å². The first kappa shape index (κ1) is 20.7. The van der Waals surface area contributed by atoms with Crippen LogP contribution in [0.4, 0.5) is 5.69 Å². The van der Waals surface area contributed by atoms with E-state index in [2.05, 4.69) is 74.0 Å². The average Bonchev–Trinajstić information content (AvgIpc) is 2.76. The number of aryl methyl sites for hydroxylation is 1.